The highest BCUT2D eigenvalue weighted by Crippen LogP contribution is 2.24. The predicted octanol–water partition coefficient (Wildman–Crippen LogP) is 3.36. The Bertz CT molecular complexity index is 1320. The third-order valence-electron chi connectivity index (χ3n) is 4.37. The van der Waals surface area contributed by atoms with Gasteiger partial charge < -0.3 is 5.73 Å². The van der Waals surface area contributed by atoms with E-state index in [1.807, 2.05) is 35.0 Å². The topological polar surface area (TPSA) is 116 Å². The van der Waals surface area contributed by atoms with Crippen molar-refractivity contribution in [1.29, 1.82) is 0 Å². The number of fused-ring (bicyclic) bond motifs is 1. The van der Waals surface area contributed by atoms with Crippen LogP contribution in [0, 0.1) is 0 Å². The molecule has 3 N–H and O–H groups in total. The zero-order valence-electron chi connectivity index (χ0n) is 15.6. The number of sulfonamides is 1. The smallest absolute Gasteiger partial charge is 0.263 e. The molecule has 11 heteroatoms. The molecule has 2 heterocycles. The second-order valence-electron chi connectivity index (χ2n) is 6.36. The summed E-state index contributed by atoms with van der Waals surface area (Å²) in [5.74, 6) is 0. The first-order chi connectivity index (χ1) is 14.5. The number of anilines is 1. The van der Waals surface area contributed by atoms with Gasteiger partial charge in [-0.3, -0.25) is 9.40 Å². The molecule has 0 spiro atoms. The van der Waals surface area contributed by atoms with E-state index >= 15 is 0 Å². The van der Waals surface area contributed by atoms with E-state index in [1.54, 1.807) is 24.4 Å². The van der Waals surface area contributed by atoms with Crippen molar-refractivity contribution in [2.24, 2.45) is 5.73 Å². The van der Waals surface area contributed by atoms with E-state index in [4.69, 9.17) is 17.3 Å². The summed E-state index contributed by atoms with van der Waals surface area (Å²) in [6.45, 7) is 0.930. The Morgan fingerprint density at radius 3 is 2.87 bits per heavy atom. The molecule has 30 heavy (non-hydrogen) atoms. The number of hydrogen-bond donors (Lipinski definition) is 2. The summed E-state index contributed by atoms with van der Waals surface area (Å²) in [5.41, 5.74) is 8.35. The van der Waals surface area contributed by atoms with E-state index in [0.717, 1.165) is 28.2 Å². The van der Waals surface area contributed by atoms with Gasteiger partial charge in [-0.25, -0.2) is 13.4 Å². The van der Waals surface area contributed by atoms with Crippen molar-refractivity contribution in [3.8, 4) is 0 Å². The number of halogens is 1. The largest absolute Gasteiger partial charge is 0.327 e. The number of aromatic nitrogens is 4. The monoisotopic (exact) mass is 460 g/mol. The number of nitrogens with zero attached hydrogens (tertiary/aromatic N) is 4. The molecule has 0 saturated heterocycles. The van der Waals surface area contributed by atoms with Crippen LogP contribution in [0.4, 0.5) is 5.13 Å². The Morgan fingerprint density at radius 1 is 1.23 bits per heavy atom. The van der Waals surface area contributed by atoms with Crippen LogP contribution in [0.15, 0.2) is 59.9 Å². The zero-order valence-corrected chi connectivity index (χ0v) is 18.0. The average Bonchev–Trinajstić information content (AvgIpc) is 3.37. The highest BCUT2D eigenvalue weighted by molar-refractivity contribution is 7.93. The Hall–Kier alpha value is -2.79. The molecule has 0 radical (unpaired) electrons. The van der Waals surface area contributed by atoms with Crippen LogP contribution in [0.1, 0.15) is 11.1 Å². The van der Waals surface area contributed by atoms with Crippen LogP contribution in [0.2, 0.25) is 5.02 Å². The van der Waals surface area contributed by atoms with Crippen LogP contribution in [-0.2, 0) is 16.6 Å². The molecule has 0 atom stereocenters. The van der Waals surface area contributed by atoms with Crippen molar-refractivity contribution >= 4 is 55.3 Å². The van der Waals surface area contributed by atoms with Gasteiger partial charge in [-0.1, -0.05) is 29.8 Å². The Morgan fingerprint density at radius 2 is 2.10 bits per heavy atom. The summed E-state index contributed by atoms with van der Waals surface area (Å²) < 4.78 is 33.2. The molecule has 154 valence electrons. The van der Waals surface area contributed by atoms with Crippen molar-refractivity contribution in [3.63, 3.8) is 0 Å². The Labute approximate surface area is 182 Å². The van der Waals surface area contributed by atoms with Gasteiger partial charge in [0.15, 0.2) is 0 Å². The van der Waals surface area contributed by atoms with Crippen LogP contribution in [0.25, 0.3) is 17.0 Å². The maximum Gasteiger partial charge on any atom is 0.263 e. The molecule has 0 amide bonds. The number of nitrogens with one attached hydrogen (secondary N) is 1. The lowest BCUT2D eigenvalue weighted by Crippen LogP contribution is -2.12. The van der Waals surface area contributed by atoms with E-state index in [9.17, 15) is 8.42 Å². The fraction of sp³-hybridized carbons (Fsp3) is 0.105. The normalized spacial score (nSPS) is 12.1. The lowest BCUT2D eigenvalue weighted by molar-refractivity contribution is 0.601. The third kappa shape index (κ3) is 4.36. The number of hydrogen-bond acceptors (Lipinski definition) is 7. The molecule has 0 fully saturated rings. The molecular weight excluding hydrogens is 444 g/mol. The fourth-order valence-corrected chi connectivity index (χ4v) is 4.85. The van der Waals surface area contributed by atoms with Gasteiger partial charge in [0, 0.05) is 28.5 Å². The van der Waals surface area contributed by atoms with Crippen molar-refractivity contribution in [2.45, 2.75) is 11.4 Å². The maximum absolute atomic E-state index is 12.6. The van der Waals surface area contributed by atoms with E-state index < -0.39 is 10.0 Å². The molecular formula is C19H17ClN6O2S2. The van der Waals surface area contributed by atoms with Crippen molar-refractivity contribution in [1.82, 2.24) is 19.1 Å². The first-order valence-corrected chi connectivity index (χ1v) is 11.5. The van der Waals surface area contributed by atoms with Crippen LogP contribution >= 0.6 is 23.1 Å². The van der Waals surface area contributed by atoms with Gasteiger partial charge >= 0.3 is 0 Å². The molecule has 0 aliphatic heterocycles. The van der Waals surface area contributed by atoms with Gasteiger partial charge in [-0.2, -0.15) is 9.47 Å². The molecule has 8 nitrogen and oxygen atoms in total. The standard InChI is InChI=1S/C19H17ClN6O2S2/c20-16-4-3-14(13(8-16)2-1-7-21)11-26-18-6-5-17(9-15(18)10-23-26)30(27,28)25-19-22-12-24-29-19/h1-6,8-10,12H,7,11,21H2,(H,22,24,25). The van der Waals surface area contributed by atoms with Crippen LogP contribution in [0.3, 0.4) is 0 Å². The molecule has 0 unspecified atom stereocenters. The van der Waals surface area contributed by atoms with Gasteiger partial charge in [0.1, 0.15) is 6.33 Å². The first-order valence-electron chi connectivity index (χ1n) is 8.86. The van der Waals surface area contributed by atoms with Gasteiger partial charge in [0.2, 0.25) is 5.13 Å². The molecule has 0 bridgehead atoms. The minimum absolute atomic E-state index is 0.128. The number of benzene rings is 2. The summed E-state index contributed by atoms with van der Waals surface area (Å²) >= 11 is 7.10. The SMILES string of the molecule is NCC=Cc1cc(Cl)ccc1Cn1ncc2cc(S(=O)(=O)Nc3ncns3)ccc21. The van der Waals surface area contributed by atoms with E-state index in [2.05, 4.69) is 19.2 Å². The average molecular weight is 461 g/mol. The molecule has 0 aliphatic rings. The Balaban J connectivity index is 1.65. The molecule has 2 aromatic heterocycles. The quantitative estimate of drug-likeness (QED) is 0.437. The van der Waals surface area contributed by atoms with Crippen molar-refractivity contribution in [2.75, 3.05) is 11.3 Å². The predicted molar refractivity (Wildman–Crippen MR) is 119 cm³/mol. The van der Waals surface area contributed by atoms with Gasteiger partial charge in [-0.15, -0.1) is 0 Å². The van der Waals surface area contributed by atoms with Crippen LogP contribution < -0.4 is 10.5 Å². The highest BCUT2D eigenvalue weighted by Gasteiger charge is 2.17. The van der Waals surface area contributed by atoms with Gasteiger partial charge in [0.05, 0.1) is 23.2 Å². The lowest BCUT2D eigenvalue weighted by atomic mass is 10.1. The maximum atomic E-state index is 12.6. The molecule has 4 rings (SSSR count). The highest BCUT2D eigenvalue weighted by atomic mass is 35.5. The van der Waals surface area contributed by atoms with Crippen LogP contribution in [0.5, 0.6) is 0 Å². The van der Waals surface area contributed by atoms with E-state index in [0.29, 0.717) is 23.5 Å². The minimum Gasteiger partial charge on any atom is -0.327 e. The first kappa shape index (κ1) is 20.5. The fourth-order valence-electron chi connectivity index (χ4n) is 2.97. The summed E-state index contributed by atoms with van der Waals surface area (Å²) in [6.07, 6.45) is 6.73. The molecule has 0 saturated carbocycles. The zero-order chi connectivity index (χ0) is 21.1. The Kier molecular flexibility index (Phi) is 5.82. The molecule has 0 aliphatic carbocycles. The van der Waals surface area contributed by atoms with Crippen molar-refractivity contribution < 1.29 is 8.42 Å². The second kappa shape index (κ2) is 8.52. The third-order valence-corrected chi connectivity index (χ3v) is 6.65. The van der Waals surface area contributed by atoms with E-state index in [1.165, 1.54) is 6.33 Å². The summed E-state index contributed by atoms with van der Waals surface area (Å²) in [6, 6.07) is 10.5. The van der Waals surface area contributed by atoms with Gasteiger partial charge in [-0.05, 0) is 41.5 Å². The molecule has 4 aromatic rings. The summed E-state index contributed by atoms with van der Waals surface area (Å²) in [4.78, 5) is 3.98. The summed E-state index contributed by atoms with van der Waals surface area (Å²) in [7, 11) is -3.76. The number of nitrogens with two attached hydrogens (primary N) is 1. The molecule has 2 aromatic carbocycles. The van der Waals surface area contributed by atoms with Gasteiger partial charge in [0.25, 0.3) is 10.0 Å². The van der Waals surface area contributed by atoms with Crippen LogP contribution in [-0.4, -0.2) is 34.1 Å². The summed E-state index contributed by atoms with van der Waals surface area (Å²) in [5, 5.41) is 6.00. The lowest BCUT2D eigenvalue weighted by Gasteiger charge is -2.09. The second-order valence-corrected chi connectivity index (χ2v) is 9.25. The minimum atomic E-state index is -3.76. The number of rotatable bonds is 7. The van der Waals surface area contributed by atoms with E-state index in [-0.39, 0.29) is 10.0 Å². The van der Waals surface area contributed by atoms with Crippen molar-refractivity contribution in [3.05, 3.63) is 71.1 Å².